The Morgan fingerprint density at radius 2 is 1.44 bits per heavy atom. The lowest BCUT2D eigenvalue weighted by molar-refractivity contribution is -0.184. The lowest BCUT2D eigenvalue weighted by Crippen LogP contribution is -2.37. The van der Waals surface area contributed by atoms with E-state index in [0.29, 0.717) is 28.6 Å². The molecule has 3 aromatic carbocycles. The Kier molecular flexibility index (Phi) is 10.2. The number of benzene rings is 3. The number of halogens is 2. The lowest BCUT2D eigenvalue weighted by Gasteiger charge is -2.32. The molecule has 3 aromatic rings. The molecule has 6 nitrogen and oxygen atoms in total. The number of amides is 1. The molecule has 10 heteroatoms. The molecule has 180 valence electrons. The van der Waals surface area contributed by atoms with Crippen molar-refractivity contribution >= 4 is 49.0 Å². The van der Waals surface area contributed by atoms with Gasteiger partial charge in [-0.25, -0.2) is 9.63 Å². The Hall–Kier alpha value is -2.15. The summed E-state index contributed by atoms with van der Waals surface area (Å²) in [4.78, 5) is 17.9. The van der Waals surface area contributed by atoms with Gasteiger partial charge in [0.05, 0.1) is 0 Å². The summed E-state index contributed by atoms with van der Waals surface area (Å²) in [5.74, 6) is 0.129. The molecule has 0 bridgehead atoms. The van der Waals surface area contributed by atoms with Crippen LogP contribution >= 0.6 is 42.6 Å². The predicted molar refractivity (Wildman–Crippen MR) is 138 cm³/mol. The van der Waals surface area contributed by atoms with Crippen LogP contribution in [-0.2, 0) is 20.8 Å². The highest BCUT2D eigenvalue weighted by molar-refractivity contribution is 7.98. The van der Waals surface area contributed by atoms with Gasteiger partial charge in [0.2, 0.25) is 6.41 Å². The van der Waals surface area contributed by atoms with Gasteiger partial charge >= 0.3 is 7.60 Å². The van der Waals surface area contributed by atoms with E-state index >= 15 is 0 Å². The van der Waals surface area contributed by atoms with Crippen molar-refractivity contribution < 1.29 is 23.2 Å². The summed E-state index contributed by atoms with van der Waals surface area (Å²) in [6.45, 7) is 0.108. The summed E-state index contributed by atoms with van der Waals surface area (Å²) in [5, 5.41) is 2.02. The van der Waals surface area contributed by atoms with Crippen LogP contribution in [0.4, 0.5) is 0 Å². The van der Waals surface area contributed by atoms with Crippen LogP contribution in [0.15, 0.2) is 78.9 Å². The highest BCUT2D eigenvalue weighted by atomic mass is 35.5. The van der Waals surface area contributed by atoms with Gasteiger partial charge in [0.25, 0.3) is 0 Å². The molecule has 3 rings (SSSR count). The molecule has 0 aliphatic heterocycles. The molecule has 0 aliphatic rings. The summed E-state index contributed by atoms with van der Waals surface area (Å²) >= 11 is 13.5. The number of hydrogen-bond donors (Lipinski definition) is 0. The topological polar surface area (TPSA) is 65.1 Å². The summed E-state index contributed by atoms with van der Waals surface area (Å²) < 4.78 is 26.2. The Balaban J connectivity index is 1.94. The van der Waals surface area contributed by atoms with Gasteiger partial charge in [-0.15, -0.1) is 0 Å². The van der Waals surface area contributed by atoms with Gasteiger partial charge < -0.3 is 9.05 Å². The third-order valence-corrected chi connectivity index (χ3v) is 7.95. The Bertz CT molecular complexity index is 1040. The molecule has 1 atom stereocenters. The number of rotatable bonds is 13. The number of carbonyl (C=O) groups excluding carboxylic acids is 1. The van der Waals surface area contributed by atoms with E-state index in [9.17, 15) is 9.36 Å². The Morgan fingerprint density at radius 3 is 1.91 bits per heavy atom. The lowest BCUT2D eigenvalue weighted by atomic mass is 10.2. The van der Waals surface area contributed by atoms with Gasteiger partial charge in [-0.3, -0.25) is 9.63 Å². The minimum atomic E-state index is -4.06. The van der Waals surface area contributed by atoms with Gasteiger partial charge in [-0.2, -0.15) is 11.8 Å². The second-order valence-electron chi connectivity index (χ2n) is 7.12. The first-order chi connectivity index (χ1) is 16.4. The van der Waals surface area contributed by atoms with Gasteiger partial charge in [-0.05, 0) is 72.5 Å². The number of carbonyl (C=O) groups is 1. The molecule has 1 unspecified atom stereocenters. The molecule has 0 N–H and O–H groups in total. The average Bonchev–Trinajstić information content (AvgIpc) is 2.84. The quantitative estimate of drug-likeness (QED) is 0.129. The molecular weight excluding hydrogens is 516 g/mol. The van der Waals surface area contributed by atoms with Crippen molar-refractivity contribution in [1.29, 1.82) is 0 Å². The maximum absolute atomic E-state index is 14.3. The van der Waals surface area contributed by atoms with Crippen molar-refractivity contribution in [3.8, 4) is 11.5 Å². The van der Waals surface area contributed by atoms with Crippen LogP contribution in [0.3, 0.4) is 0 Å². The first kappa shape index (κ1) is 26.5. The summed E-state index contributed by atoms with van der Waals surface area (Å²) in [6.07, 6.45) is 2.71. The van der Waals surface area contributed by atoms with Gasteiger partial charge in [0.1, 0.15) is 18.1 Å². The predicted octanol–water partition coefficient (Wildman–Crippen LogP) is 7.31. The molecule has 0 fully saturated rings. The number of nitrogens with zero attached hydrogens (tertiary/aromatic N) is 1. The van der Waals surface area contributed by atoms with Crippen molar-refractivity contribution in [2.75, 3.05) is 12.0 Å². The number of hydrogen-bond acceptors (Lipinski definition) is 6. The standard InChI is InChI=1S/C24H24Cl2NO5PS/c1-34-16-15-24(27(18-28)30-17-19-5-3-2-4-6-19)33(29,31-22-11-7-20(25)8-12-22)32-23-13-9-21(26)10-14-23/h2-14,18,24H,15-17H2,1H3. The maximum Gasteiger partial charge on any atom is 0.455 e. The zero-order chi connectivity index (χ0) is 24.4. The van der Waals surface area contributed by atoms with E-state index in [4.69, 9.17) is 37.1 Å². The molecular formula is C24H24Cl2NO5PS. The van der Waals surface area contributed by atoms with E-state index in [1.807, 2.05) is 36.6 Å². The molecule has 34 heavy (non-hydrogen) atoms. The number of thioether (sulfide) groups is 1. The van der Waals surface area contributed by atoms with Crippen LogP contribution in [0.5, 0.6) is 11.5 Å². The fourth-order valence-corrected chi connectivity index (χ4v) is 5.83. The summed E-state index contributed by atoms with van der Waals surface area (Å²) in [7, 11) is -4.06. The molecule has 0 saturated carbocycles. The molecule has 0 aliphatic carbocycles. The second kappa shape index (κ2) is 13.1. The largest absolute Gasteiger partial charge is 0.455 e. The van der Waals surface area contributed by atoms with Crippen LogP contribution in [-0.4, -0.2) is 29.3 Å². The third kappa shape index (κ3) is 7.69. The van der Waals surface area contributed by atoms with Gasteiger partial charge in [0, 0.05) is 10.0 Å². The minimum absolute atomic E-state index is 0.108. The minimum Gasteiger partial charge on any atom is -0.415 e. The SMILES string of the molecule is CSCCC(N(C=O)OCc1ccccc1)P(=O)(Oc1ccc(Cl)cc1)Oc1ccc(Cl)cc1. The molecule has 0 saturated heterocycles. The van der Waals surface area contributed by atoms with Crippen molar-refractivity contribution in [1.82, 2.24) is 5.06 Å². The van der Waals surface area contributed by atoms with Crippen LogP contribution in [0, 0.1) is 0 Å². The average molecular weight is 540 g/mol. The van der Waals surface area contributed by atoms with Gasteiger partial charge in [-0.1, -0.05) is 53.5 Å². The summed E-state index contributed by atoms with van der Waals surface area (Å²) in [6, 6.07) is 22.2. The molecule has 0 radical (unpaired) electrons. The van der Waals surface area contributed by atoms with Crippen molar-refractivity contribution in [3.63, 3.8) is 0 Å². The van der Waals surface area contributed by atoms with Crippen molar-refractivity contribution in [3.05, 3.63) is 94.5 Å². The Labute approximate surface area is 213 Å². The fraction of sp³-hybridized carbons (Fsp3) is 0.208. The summed E-state index contributed by atoms with van der Waals surface area (Å²) in [5.41, 5.74) is 0.852. The van der Waals surface area contributed by atoms with E-state index in [0.717, 1.165) is 10.6 Å². The Morgan fingerprint density at radius 1 is 0.912 bits per heavy atom. The number of hydroxylamine groups is 2. The maximum atomic E-state index is 14.3. The van der Waals surface area contributed by atoms with Crippen LogP contribution < -0.4 is 9.05 Å². The molecule has 0 spiro atoms. The van der Waals surface area contributed by atoms with E-state index in [1.54, 1.807) is 48.5 Å². The van der Waals surface area contributed by atoms with Gasteiger partial charge in [0.15, 0.2) is 5.78 Å². The highest BCUT2D eigenvalue weighted by Gasteiger charge is 2.44. The first-order valence-electron chi connectivity index (χ1n) is 10.3. The first-order valence-corrected chi connectivity index (χ1v) is 14.1. The third-order valence-electron chi connectivity index (χ3n) is 4.66. The van der Waals surface area contributed by atoms with Crippen molar-refractivity contribution in [2.24, 2.45) is 0 Å². The van der Waals surface area contributed by atoms with Crippen LogP contribution in [0.1, 0.15) is 12.0 Å². The monoisotopic (exact) mass is 539 g/mol. The van der Waals surface area contributed by atoms with Crippen LogP contribution in [0.2, 0.25) is 10.0 Å². The highest BCUT2D eigenvalue weighted by Crippen LogP contribution is 2.55. The molecule has 0 heterocycles. The van der Waals surface area contributed by atoms with Crippen LogP contribution in [0.25, 0.3) is 0 Å². The molecule has 0 aromatic heterocycles. The molecule has 1 amide bonds. The zero-order valence-electron chi connectivity index (χ0n) is 18.4. The van der Waals surface area contributed by atoms with E-state index in [-0.39, 0.29) is 18.1 Å². The van der Waals surface area contributed by atoms with E-state index in [1.165, 1.54) is 11.8 Å². The second-order valence-corrected chi connectivity index (χ2v) is 11.0. The van der Waals surface area contributed by atoms with Crippen molar-refractivity contribution in [2.45, 2.75) is 18.8 Å². The fourth-order valence-electron chi connectivity index (χ4n) is 2.98. The van der Waals surface area contributed by atoms with E-state index in [2.05, 4.69) is 0 Å². The smallest absolute Gasteiger partial charge is 0.415 e. The normalized spacial score (nSPS) is 12.1. The zero-order valence-corrected chi connectivity index (χ0v) is 21.6. The van der Waals surface area contributed by atoms with E-state index < -0.39 is 13.4 Å².